The normalized spacial score (nSPS) is 16.9. The predicted molar refractivity (Wildman–Crippen MR) is 66.7 cm³/mol. The number of nitrogens with one attached hydrogen (secondary N) is 1. The molecule has 0 spiro atoms. The maximum absolute atomic E-state index is 11.9. The molecule has 2 rings (SSSR count). The number of carbonyl (C=O) groups is 1. The Labute approximate surface area is 100 Å². The lowest BCUT2D eigenvalue weighted by Gasteiger charge is -2.29. The lowest BCUT2D eigenvalue weighted by molar-refractivity contribution is 0.0972. The number of nitrogens with zero attached hydrogens (tertiary/aromatic N) is 1. The number of urea groups is 1. The fourth-order valence-corrected chi connectivity index (χ4v) is 1.89. The first kappa shape index (κ1) is 11.7. The fourth-order valence-electron chi connectivity index (χ4n) is 1.89. The van der Waals surface area contributed by atoms with Crippen LogP contribution >= 0.6 is 0 Å². The summed E-state index contributed by atoms with van der Waals surface area (Å²) in [5.74, 6) is 0. The topological polar surface area (TPSA) is 78.6 Å². The summed E-state index contributed by atoms with van der Waals surface area (Å²) in [6.45, 7) is 1.19. The quantitative estimate of drug-likeness (QED) is 0.641. The summed E-state index contributed by atoms with van der Waals surface area (Å²) < 4.78 is 0. The summed E-state index contributed by atoms with van der Waals surface area (Å²) in [5.41, 5.74) is 6.95. The number of amides is 2. The molecule has 2 amide bonds. The van der Waals surface area contributed by atoms with E-state index >= 15 is 0 Å². The standard InChI is InChI=1S/C12H17N3O2/c13-9-2-1-3-10(8-9)14-12(17)15-6-4-11(16)5-7-15/h1-3,8,11,16H,4-7,13H2,(H,14,17). The second kappa shape index (κ2) is 5.05. The number of nitrogens with two attached hydrogens (primary N) is 1. The molecule has 1 aromatic rings. The smallest absolute Gasteiger partial charge is 0.321 e. The summed E-state index contributed by atoms with van der Waals surface area (Å²) >= 11 is 0. The second-order valence-corrected chi connectivity index (χ2v) is 4.27. The minimum Gasteiger partial charge on any atom is -0.399 e. The summed E-state index contributed by atoms with van der Waals surface area (Å²) in [4.78, 5) is 13.6. The van der Waals surface area contributed by atoms with Crippen LogP contribution in [-0.4, -0.2) is 35.2 Å². The average Bonchev–Trinajstić information content (AvgIpc) is 2.29. The van der Waals surface area contributed by atoms with E-state index in [1.165, 1.54) is 0 Å². The number of anilines is 2. The van der Waals surface area contributed by atoms with Crippen molar-refractivity contribution in [2.24, 2.45) is 0 Å². The zero-order valence-corrected chi connectivity index (χ0v) is 9.60. The third-order valence-corrected chi connectivity index (χ3v) is 2.89. The lowest BCUT2D eigenvalue weighted by Crippen LogP contribution is -2.42. The number of hydrogen-bond acceptors (Lipinski definition) is 3. The van der Waals surface area contributed by atoms with E-state index in [1.54, 1.807) is 29.2 Å². The van der Waals surface area contributed by atoms with E-state index in [4.69, 9.17) is 5.73 Å². The second-order valence-electron chi connectivity index (χ2n) is 4.27. The van der Waals surface area contributed by atoms with E-state index in [0.29, 0.717) is 37.3 Å². The first-order chi connectivity index (χ1) is 8.15. The maximum atomic E-state index is 11.9. The minimum absolute atomic E-state index is 0.137. The maximum Gasteiger partial charge on any atom is 0.321 e. The molecule has 0 aromatic heterocycles. The number of hydrogen-bond donors (Lipinski definition) is 3. The third-order valence-electron chi connectivity index (χ3n) is 2.89. The molecule has 5 heteroatoms. The van der Waals surface area contributed by atoms with E-state index in [2.05, 4.69) is 5.32 Å². The van der Waals surface area contributed by atoms with Crippen LogP contribution in [0.1, 0.15) is 12.8 Å². The van der Waals surface area contributed by atoms with Crippen molar-refractivity contribution in [1.82, 2.24) is 4.90 Å². The van der Waals surface area contributed by atoms with Crippen LogP contribution in [-0.2, 0) is 0 Å². The molecular formula is C12H17N3O2. The van der Waals surface area contributed by atoms with Crippen molar-refractivity contribution in [3.05, 3.63) is 24.3 Å². The Kier molecular flexibility index (Phi) is 3.49. The average molecular weight is 235 g/mol. The molecule has 1 aliphatic rings. The molecule has 1 saturated heterocycles. The molecule has 0 aliphatic carbocycles. The summed E-state index contributed by atoms with van der Waals surface area (Å²) in [6, 6.07) is 6.95. The van der Waals surface area contributed by atoms with Gasteiger partial charge in [-0.05, 0) is 31.0 Å². The highest BCUT2D eigenvalue weighted by Gasteiger charge is 2.21. The molecule has 0 unspecified atom stereocenters. The molecule has 1 aliphatic heterocycles. The summed E-state index contributed by atoms with van der Waals surface area (Å²) in [5, 5.41) is 12.2. The molecule has 4 N–H and O–H groups in total. The largest absolute Gasteiger partial charge is 0.399 e. The van der Waals surface area contributed by atoms with Crippen molar-refractivity contribution in [2.75, 3.05) is 24.1 Å². The van der Waals surface area contributed by atoms with E-state index < -0.39 is 0 Å². The summed E-state index contributed by atoms with van der Waals surface area (Å²) in [6.07, 6.45) is 1.01. The van der Waals surface area contributed by atoms with Gasteiger partial charge >= 0.3 is 6.03 Å². The van der Waals surface area contributed by atoms with E-state index in [-0.39, 0.29) is 12.1 Å². The monoisotopic (exact) mass is 235 g/mol. The van der Waals surface area contributed by atoms with Gasteiger partial charge in [0.05, 0.1) is 6.10 Å². The van der Waals surface area contributed by atoms with Crippen LogP contribution in [0.25, 0.3) is 0 Å². The number of likely N-dealkylation sites (tertiary alicyclic amines) is 1. The van der Waals surface area contributed by atoms with Crippen LogP contribution in [0.3, 0.4) is 0 Å². The molecule has 1 aromatic carbocycles. The molecule has 0 bridgehead atoms. The molecular weight excluding hydrogens is 218 g/mol. The lowest BCUT2D eigenvalue weighted by atomic mass is 10.1. The van der Waals surface area contributed by atoms with E-state index in [0.717, 1.165) is 0 Å². The van der Waals surface area contributed by atoms with Crippen LogP contribution in [0.4, 0.5) is 16.2 Å². The van der Waals surface area contributed by atoms with Crippen molar-refractivity contribution >= 4 is 17.4 Å². The van der Waals surface area contributed by atoms with Crippen molar-refractivity contribution < 1.29 is 9.90 Å². The van der Waals surface area contributed by atoms with Crippen LogP contribution in [0.5, 0.6) is 0 Å². The fraction of sp³-hybridized carbons (Fsp3) is 0.417. The highest BCUT2D eigenvalue weighted by atomic mass is 16.3. The highest BCUT2D eigenvalue weighted by molar-refractivity contribution is 5.89. The zero-order valence-electron chi connectivity index (χ0n) is 9.60. The minimum atomic E-state index is -0.272. The molecule has 1 fully saturated rings. The molecule has 0 saturated carbocycles. The molecule has 17 heavy (non-hydrogen) atoms. The molecule has 0 atom stereocenters. The van der Waals surface area contributed by atoms with Gasteiger partial charge in [0.25, 0.3) is 0 Å². The van der Waals surface area contributed by atoms with E-state index in [1.807, 2.05) is 0 Å². The number of nitrogen functional groups attached to an aromatic ring is 1. The molecule has 0 radical (unpaired) electrons. The Morgan fingerprint density at radius 2 is 2.12 bits per heavy atom. The Morgan fingerprint density at radius 1 is 1.41 bits per heavy atom. The molecule has 92 valence electrons. The van der Waals surface area contributed by atoms with Gasteiger partial charge in [0.1, 0.15) is 0 Å². The SMILES string of the molecule is Nc1cccc(NC(=O)N2CCC(O)CC2)c1. The van der Waals surface area contributed by atoms with Gasteiger partial charge < -0.3 is 21.1 Å². The van der Waals surface area contributed by atoms with Crippen LogP contribution in [0.2, 0.25) is 0 Å². The third kappa shape index (κ3) is 3.10. The number of aliphatic hydroxyl groups excluding tert-OH is 1. The number of carbonyl (C=O) groups excluding carboxylic acids is 1. The molecule has 1 heterocycles. The van der Waals surface area contributed by atoms with Crippen LogP contribution in [0, 0.1) is 0 Å². The molecule has 5 nitrogen and oxygen atoms in total. The number of piperidine rings is 1. The first-order valence-electron chi connectivity index (χ1n) is 5.74. The van der Waals surface area contributed by atoms with Gasteiger partial charge in [0.2, 0.25) is 0 Å². The van der Waals surface area contributed by atoms with Gasteiger partial charge in [0.15, 0.2) is 0 Å². The first-order valence-corrected chi connectivity index (χ1v) is 5.74. The van der Waals surface area contributed by atoms with E-state index in [9.17, 15) is 9.90 Å². The Bertz CT molecular complexity index is 400. The van der Waals surface area contributed by atoms with Gasteiger partial charge in [-0.3, -0.25) is 0 Å². The van der Waals surface area contributed by atoms with Gasteiger partial charge in [-0.2, -0.15) is 0 Å². The van der Waals surface area contributed by atoms with Crippen LogP contribution < -0.4 is 11.1 Å². The number of rotatable bonds is 1. The zero-order chi connectivity index (χ0) is 12.3. The predicted octanol–water partition coefficient (Wildman–Crippen LogP) is 1.26. The van der Waals surface area contributed by atoms with Crippen LogP contribution in [0.15, 0.2) is 24.3 Å². The summed E-state index contributed by atoms with van der Waals surface area (Å²) in [7, 11) is 0. The Balaban J connectivity index is 1.93. The van der Waals surface area contributed by atoms with Crippen molar-refractivity contribution in [2.45, 2.75) is 18.9 Å². The van der Waals surface area contributed by atoms with Gasteiger partial charge in [-0.1, -0.05) is 6.07 Å². The number of benzene rings is 1. The van der Waals surface area contributed by atoms with Gasteiger partial charge in [0, 0.05) is 24.5 Å². The van der Waals surface area contributed by atoms with Crippen molar-refractivity contribution in [1.29, 1.82) is 0 Å². The number of aliphatic hydroxyl groups is 1. The Morgan fingerprint density at radius 3 is 2.76 bits per heavy atom. The van der Waals surface area contributed by atoms with Crippen molar-refractivity contribution in [3.63, 3.8) is 0 Å². The Hall–Kier alpha value is -1.75. The van der Waals surface area contributed by atoms with Gasteiger partial charge in [-0.25, -0.2) is 4.79 Å². The van der Waals surface area contributed by atoms with Crippen molar-refractivity contribution in [3.8, 4) is 0 Å². The van der Waals surface area contributed by atoms with Gasteiger partial charge in [-0.15, -0.1) is 0 Å². The highest BCUT2D eigenvalue weighted by Crippen LogP contribution is 2.15.